The summed E-state index contributed by atoms with van der Waals surface area (Å²) in [7, 11) is 0. The summed E-state index contributed by atoms with van der Waals surface area (Å²) in [6.45, 7) is 10.4. The highest BCUT2D eigenvalue weighted by atomic mass is 14.9. The number of rotatable bonds is 10. The van der Waals surface area contributed by atoms with Crippen molar-refractivity contribution in [1.82, 2.24) is 5.32 Å². The van der Waals surface area contributed by atoms with Gasteiger partial charge in [-0.15, -0.1) is 0 Å². The van der Waals surface area contributed by atoms with Crippen molar-refractivity contribution in [3.8, 4) is 0 Å². The predicted molar refractivity (Wildman–Crippen MR) is 89.9 cm³/mol. The Labute approximate surface area is 126 Å². The van der Waals surface area contributed by atoms with E-state index in [1.807, 2.05) is 0 Å². The first-order valence-electron chi connectivity index (χ1n) is 8.39. The van der Waals surface area contributed by atoms with Gasteiger partial charge >= 0.3 is 0 Å². The second kappa shape index (κ2) is 9.99. The lowest BCUT2D eigenvalue weighted by Crippen LogP contribution is -2.26. The van der Waals surface area contributed by atoms with Gasteiger partial charge in [-0.1, -0.05) is 83.7 Å². The summed E-state index contributed by atoms with van der Waals surface area (Å²) in [6, 6.07) is 11.3. The van der Waals surface area contributed by atoms with Crippen LogP contribution in [-0.2, 0) is 0 Å². The zero-order valence-corrected chi connectivity index (χ0v) is 13.9. The first-order valence-corrected chi connectivity index (χ1v) is 8.39. The van der Waals surface area contributed by atoms with E-state index in [4.69, 9.17) is 0 Å². The third-order valence-electron chi connectivity index (χ3n) is 3.90. The fourth-order valence-corrected chi connectivity index (χ4v) is 2.69. The van der Waals surface area contributed by atoms with E-state index in [2.05, 4.69) is 63.3 Å². The monoisotopic (exact) mass is 275 g/mol. The van der Waals surface area contributed by atoms with E-state index in [1.54, 1.807) is 0 Å². The van der Waals surface area contributed by atoms with Crippen LogP contribution in [0.1, 0.15) is 71.4 Å². The number of hydrogen-bond donors (Lipinski definition) is 1. The zero-order valence-electron chi connectivity index (χ0n) is 13.9. The SMILES string of the molecule is CC(C)CCCCCCNC(c1ccccc1)C(C)C. The lowest BCUT2D eigenvalue weighted by molar-refractivity contribution is 0.403. The molecule has 1 rings (SSSR count). The van der Waals surface area contributed by atoms with Gasteiger partial charge in [0.25, 0.3) is 0 Å². The van der Waals surface area contributed by atoms with Crippen LogP contribution in [0.4, 0.5) is 0 Å². The fraction of sp³-hybridized carbons (Fsp3) is 0.684. The Morgan fingerprint density at radius 3 is 2.10 bits per heavy atom. The Balaban J connectivity index is 2.21. The molecule has 0 radical (unpaired) electrons. The molecule has 0 heterocycles. The summed E-state index contributed by atoms with van der Waals surface area (Å²) in [6.07, 6.45) is 6.82. The Kier molecular flexibility index (Phi) is 8.60. The number of nitrogens with one attached hydrogen (secondary N) is 1. The highest BCUT2D eigenvalue weighted by Crippen LogP contribution is 2.21. The number of unbranched alkanes of at least 4 members (excludes halogenated alkanes) is 3. The van der Waals surface area contributed by atoms with E-state index in [0.29, 0.717) is 12.0 Å². The Morgan fingerprint density at radius 1 is 0.850 bits per heavy atom. The highest BCUT2D eigenvalue weighted by Gasteiger charge is 2.13. The van der Waals surface area contributed by atoms with Gasteiger partial charge in [-0.3, -0.25) is 0 Å². The summed E-state index contributed by atoms with van der Waals surface area (Å²) in [5, 5.41) is 3.74. The first kappa shape index (κ1) is 17.2. The molecule has 1 atom stereocenters. The van der Waals surface area contributed by atoms with Crippen LogP contribution < -0.4 is 5.32 Å². The minimum atomic E-state index is 0.492. The van der Waals surface area contributed by atoms with Crippen molar-refractivity contribution in [2.75, 3.05) is 6.54 Å². The first-order chi connectivity index (χ1) is 9.61. The van der Waals surface area contributed by atoms with Crippen LogP contribution in [-0.4, -0.2) is 6.54 Å². The molecule has 0 spiro atoms. The van der Waals surface area contributed by atoms with E-state index in [9.17, 15) is 0 Å². The fourth-order valence-electron chi connectivity index (χ4n) is 2.69. The van der Waals surface area contributed by atoms with Crippen molar-refractivity contribution >= 4 is 0 Å². The molecule has 0 saturated heterocycles. The van der Waals surface area contributed by atoms with Gasteiger partial charge in [0.1, 0.15) is 0 Å². The van der Waals surface area contributed by atoms with Crippen molar-refractivity contribution in [2.45, 2.75) is 65.8 Å². The van der Waals surface area contributed by atoms with Crippen molar-refractivity contribution in [2.24, 2.45) is 11.8 Å². The molecule has 0 aliphatic carbocycles. The molecule has 114 valence electrons. The van der Waals surface area contributed by atoms with Crippen LogP contribution in [0.2, 0.25) is 0 Å². The van der Waals surface area contributed by atoms with Crippen LogP contribution in [0, 0.1) is 11.8 Å². The molecule has 20 heavy (non-hydrogen) atoms. The summed E-state index contributed by atoms with van der Waals surface area (Å²) in [5.74, 6) is 1.50. The average molecular weight is 275 g/mol. The van der Waals surface area contributed by atoms with Crippen molar-refractivity contribution in [1.29, 1.82) is 0 Å². The van der Waals surface area contributed by atoms with Gasteiger partial charge in [0, 0.05) is 6.04 Å². The quantitative estimate of drug-likeness (QED) is 0.550. The molecule has 0 bridgehead atoms. The second-order valence-electron chi connectivity index (χ2n) is 6.68. The van der Waals surface area contributed by atoms with E-state index in [0.717, 1.165) is 12.5 Å². The van der Waals surface area contributed by atoms with Gasteiger partial charge in [-0.2, -0.15) is 0 Å². The molecular formula is C19H33N. The maximum Gasteiger partial charge on any atom is 0.0343 e. The number of benzene rings is 1. The van der Waals surface area contributed by atoms with Crippen LogP contribution in [0.15, 0.2) is 30.3 Å². The van der Waals surface area contributed by atoms with Gasteiger partial charge in [-0.25, -0.2) is 0 Å². The van der Waals surface area contributed by atoms with Crippen LogP contribution in [0.25, 0.3) is 0 Å². The van der Waals surface area contributed by atoms with Gasteiger partial charge in [0.15, 0.2) is 0 Å². The molecular weight excluding hydrogens is 242 g/mol. The average Bonchev–Trinajstić information content (AvgIpc) is 2.42. The van der Waals surface area contributed by atoms with Crippen LogP contribution in [0.5, 0.6) is 0 Å². The number of hydrogen-bond acceptors (Lipinski definition) is 1. The molecule has 1 aromatic rings. The van der Waals surface area contributed by atoms with Crippen molar-refractivity contribution in [3.05, 3.63) is 35.9 Å². The summed E-state index contributed by atoms with van der Waals surface area (Å²) in [4.78, 5) is 0. The predicted octanol–water partition coefficient (Wildman–Crippen LogP) is 5.58. The third kappa shape index (κ3) is 7.09. The maximum absolute atomic E-state index is 3.74. The lowest BCUT2D eigenvalue weighted by atomic mass is 9.96. The van der Waals surface area contributed by atoms with E-state index in [-0.39, 0.29) is 0 Å². The normalized spacial score (nSPS) is 13.1. The van der Waals surface area contributed by atoms with Gasteiger partial charge in [0.2, 0.25) is 0 Å². The van der Waals surface area contributed by atoms with Crippen molar-refractivity contribution < 1.29 is 0 Å². The molecule has 1 N–H and O–H groups in total. The Bertz CT molecular complexity index is 329. The molecule has 0 saturated carbocycles. The van der Waals surface area contributed by atoms with E-state index < -0.39 is 0 Å². The third-order valence-corrected chi connectivity index (χ3v) is 3.90. The molecule has 1 heteroatoms. The lowest BCUT2D eigenvalue weighted by Gasteiger charge is -2.23. The summed E-state index contributed by atoms with van der Waals surface area (Å²) in [5.41, 5.74) is 1.42. The second-order valence-corrected chi connectivity index (χ2v) is 6.68. The van der Waals surface area contributed by atoms with E-state index >= 15 is 0 Å². The maximum atomic E-state index is 3.74. The Morgan fingerprint density at radius 2 is 1.50 bits per heavy atom. The molecule has 0 amide bonds. The molecule has 1 unspecified atom stereocenters. The standard InChI is InChI=1S/C19H33N/c1-16(2)12-8-5-6-11-15-20-19(17(3)4)18-13-9-7-10-14-18/h7,9-10,13-14,16-17,19-20H,5-6,8,11-12,15H2,1-4H3. The van der Waals surface area contributed by atoms with Gasteiger partial charge < -0.3 is 5.32 Å². The minimum Gasteiger partial charge on any atom is -0.310 e. The molecule has 0 aliphatic heterocycles. The molecule has 1 aromatic carbocycles. The molecule has 0 aliphatic rings. The van der Waals surface area contributed by atoms with Crippen molar-refractivity contribution in [3.63, 3.8) is 0 Å². The molecule has 0 fully saturated rings. The Hall–Kier alpha value is -0.820. The van der Waals surface area contributed by atoms with Crippen LogP contribution in [0.3, 0.4) is 0 Å². The summed E-state index contributed by atoms with van der Waals surface area (Å²) >= 11 is 0. The minimum absolute atomic E-state index is 0.492. The van der Waals surface area contributed by atoms with Gasteiger partial charge in [0.05, 0.1) is 0 Å². The van der Waals surface area contributed by atoms with Crippen LogP contribution >= 0.6 is 0 Å². The van der Waals surface area contributed by atoms with E-state index in [1.165, 1.54) is 37.7 Å². The largest absolute Gasteiger partial charge is 0.310 e. The summed E-state index contributed by atoms with van der Waals surface area (Å²) < 4.78 is 0. The smallest absolute Gasteiger partial charge is 0.0343 e. The highest BCUT2D eigenvalue weighted by molar-refractivity contribution is 5.19. The topological polar surface area (TPSA) is 12.0 Å². The molecule has 0 aromatic heterocycles. The zero-order chi connectivity index (χ0) is 14.8. The molecule has 1 nitrogen and oxygen atoms in total. The van der Waals surface area contributed by atoms with Gasteiger partial charge in [-0.05, 0) is 30.4 Å².